The molecule has 0 saturated carbocycles. The smallest absolute Gasteiger partial charge is 0.408 e. The molecule has 1 fully saturated rings. The molecule has 1 saturated heterocycles. The Morgan fingerprint density at radius 2 is 2.35 bits per heavy atom. The summed E-state index contributed by atoms with van der Waals surface area (Å²) in [6.07, 6.45) is 2.46. The van der Waals surface area contributed by atoms with Gasteiger partial charge in [-0.1, -0.05) is 0 Å². The van der Waals surface area contributed by atoms with Gasteiger partial charge in [0, 0.05) is 25.8 Å². The van der Waals surface area contributed by atoms with Crippen molar-refractivity contribution in [2.24, 2.45) is 0 Å². The Bertz CT molecular complexity index is 655. The number of anilines is 2. The van der Waals surface area contributed by atoms with E-state index in [1.54, 1.807) is 6.07 Å². The fraction of sp³-hybridized carbons (Fsp3) is 0.500. The van der Waals surface area contributed by atoms with Gasteiger partial charge in [-0.25, -0.2) is 4.79 Å². The first-order chi connectivity index (χ1) is 9.67. The Labute approximate surface area is 116 Å². The summed E-state index contributed by atoms with van der Waals surface area (Å²) in [4.78, 5) is 16.1. The second-order valence-electron chi connectivity index (χ2n) is 5.10. The van der Waals surface area contributed by atoms with Crippen LogP contribution in [0.2, 0.25) is 0 Å². The Balaban J connectivity index is 1.92. The van der Waals surface area contributed by atoms with E-state index >= 15 is 0 Å². The number of rotatable bonds is 4. The number of aromatic amines is 1. The summed E-state index contributed by atoms with van der Waals surface area (Å²) in [5.74, 6) is -0.460. The molecular weight excluding hydrogens is 258 g/mol. The molecule has 0 aliphatic carbocycles. The Morgan fingerprint density at radius 3 is 3.05 bits per heavy atom. The number of nitrogens with two attached hydrogens (primary N) is 1. The standard InChI is InChI=1S/C14H19N3O3/c1-2-17(8-9-4-3-5-19-9)12-7-11-13(6-10(12)15)20-14(18)16-11/h6-7,9H,2-5,8,15H2,1H3,(H,16,18). The average Bonchev–Trinajstić information content (AvgIpc) is 3.03. The fourth-order valence-electron chi connectivity index (χ4n) is 2.71. The molecule has 1 aliphatic rings. The third kappa shape index (κ3) is 2.38. The van der Waals surface area contributed by atoms with E-state index in [1.165, 1.54) is 0 Å². The minimum absolute atomic E-state index is 0.258. The molecular formula is C14H19N3O3. The number of ether oxygens (including phenoxy) is 1. The Hall–Kier alpha value is -1.95. The highest BCUT2D eigenvalue weighted by Crippen LogP contribution is 2.29. The maximum absolute atomic E-state index is 11.2. The average molecular weight is 277 g/mol. The van der Waals surface area contributed by atoms with Crippen molar-refractivity contribution in [2.75, 3.05) is 30.3 Å². The number of fused-ring (bicyclic) bond motifs is 1. The largest absolute Gasteiger partial charge is 0.417 e. The highest BCUT2D eigenvalue weighted by Gasteiger charge is 2.20. The number of benzene rings is 1. The summed E-state index contributed by atoms with van der Waals surface area (Å²) >= 11 is 0. The molecule has 0 radical (unpaired) electrons. The topological polar surface area (TPSA) is 84.5 Å². The molecule has 1 aromatic heterocycles. The summed E-state index contributed by atoms with van der Waals surface area (Å²) in [6, 6.07) is 3.56. The highest BCUT2D eigenvalue weighted by molar-refractivity contribution is 5.85. The molecule has 6 heteroatoms. The third-order valence-corrected chi connectivity index (χ3v) is 3.74. The molecule has 2 heterocycles. The van der Waals surface area contributed by atoms with Gasteiger partial charge < -0.3 is 19.8 Å². The first-order valence-electron chi connectivity index (χ1n) is 6.96. The van der Waals surface area contributed by atoms with E-state index < -0.39 is 5.76 Å². The van der Waals surface area contributed by atoms with Crippen LogP contribution in [0.1, 0.15) is 19.8 Å². The lowest BCUT2D eigenvalue weighted by Gasteiger charge is -2.27. The quantitative estimate of drug-likeness (QED) is 0.831. The number of oxazole rings is 1. The van der Waals surface area contributed by atoms with Gasteiger partial charge in [0.1, 0.15) is 0 Å². The third-order valence-electron chi connectivity index (χ3n) is 3.74. The van der Waals surface area contributed by atoms with E-state index in [1.807, 2.05) is 6.07 Å². The highest BCUT2D eigenvalue weighted by atomic mass is 16.5. The lowest BCUT2D eigenvalue weighted by Crippen LogP contribution is -2.32. The van der Waals surface area contributed by atoms with E-state index in [-0.39, 0.29) is 6.10 Å². The second-order valence-corrected chi connectivity index (χ2v) is 5.10. The number of nitrogen functional groups attached to an aromatic ring is 1. The van der Waals surface area contributed by atoms with Crippen molar-refractivity contribution in [3.8, 4) is 0 Å². The maximum atomic E-state index is 11.2. The van der Waals surface area contributed by atoms with Crippen LogP contribution in [-0.4, -0.2) is 30.8 Å². The lowest BCUT2D eigenvalue weighted by molar-refractivity contribution is 0.116. The predicted molar refractivity (Wildman–Crippen MR) is 78.1 cm³/mol. The van der Waals surface area contributed by atoms with Gasteiger partial charge in [0.15, 0.2) is 5.58 Å². The van der Waals surface area contributed by atoms with Gasteiger partial charge in [0.05, 0.1) is 23.0 Å². The molecule has 6 nitrogen and oxygen atoms in total. The Kier molecular flexibility index (Phi) is 3.40. The second kappa shape index (κ2) is 5.20. The number of aromatic nitrogens is 1. The van der Waals surface area contributed by atoms with Gasteiger partial charge in [-0.05, 0) is 25.8 Å². The van der Waals surface area contributed by atoms with Crippen LogP contribution in [0.4, 0.5) is 11.4 Å². The van der Waals surface area contributed by atoms with Gasteiger partial charge in [0.2, 0.25) is 0 Å². The zero-order valence-corrected chi connectivity index (χ0v) is 11.5. The number of nitrogens with zero attached hydrogens (tertiary/aromatic N) is 1. The van der Waals surface area contributed by atoms with Crippen LogP contribution in [-0.2, 0) is 4.74 Å². The summed E-state index contributed by atoms with van der Waals surface area (Å²) in [6.45, 7) is 4.56. The molecule has 0 bridgehead atoms. The Morgan fingerprint density at radius 1 is 1.50 bits per heavy atom. The van der Waals surface area contributed by atoms with Crippen molar-refractivity contribution < 1.29 is 9.15 Å². The van der Waals surface area contributed by atoms with Crippen LogP contribution in [0.25, 0.3) is 11.1 Å². The van der Waals surface area contributed by atoms with E-state index in [0.717, 1.165) is 38.2 Å². The van der Waals surface area contributed by atoms with E-state index in [4.69, 9.17) is 14.9 Å². The molecule has 3 rings (SSSR count). The van der Waals surface area contributed by atoms with Crippen LogP contribution in [0, 0.1) is 0 Å². The summed E-state index contributed by atoms with van der Waals surface area (Å²) < 4.78 is 10.7. The molecule has 0 amide bonds. The van der Waals surface area contributed by atoms with Gasteiger partial charge in [-0.15, -0.1) is 0 Å². The maximum Gasteiger partial charge on any atom is 0.417 e. The minimum atomic E-state index is -0.460. The molecule has 2 aromatic rings. The monoisotopic (exact) mass is 277 g/mol. The van der Waals surface area contributed by atoms with Gasteiger partial charge in [0.25, 0.3) is 0 Å². The van der Waals surface area contributed by atoms with Crippen molar-refractivity contribution in [1.29, 1.82) is 0 Å². The molecule has 0 spiro atoms. The summed E-state index contributed by atoms with van der Waals surface area (Å²) in [7, 11) is 0. The van der Waals surface area contributed by atoms with Crippen LogP contribution >= 0.6 is 0 Å². The molecule has 1 unspecified atom stereocenters. The van der Waals surface area contributed by atoms with Crippen LogP contribution in [0.15, 0.2) is 21.3 Å². The SMILES string of the molecule is CCN(CC1CCCO1)c1cc2[nH]c(=O)oc2cc1N. The molecule has 1 aromatic carbocycles. The molecule has 108 valence electrons. The van der Waals surface area contributed by atoms with Crippen LogP contribution in [0.3, 0.4) is 0 Å². The molecule has 1 aliphatic heterocycles. The van der Waals surface area contributed by atoms with E-state index in [0.29, 0.717) is 16.8 Å². The van der Waals surface area contributed by atoms with Crippen LogP contribution in [0.5, 0.6) is 0 Å². The fourth-order valence-corrected chi connectivity index (χ4v) is 2.71. The zero-order valence-electron chi connectivity index (χ0n) is 11.5. The molecule has 1 atom stereocenters. The van der Waals surface area contributed by atoms with Crippen molar-refractivity contribution >= 4 is 22.5 Å². The number of hydrogen-bond acceptors (Lipinski definition) is 5. The predicted octanol–water partition coefficient (Wildman–Crippen LogP) is 1.71. The van der Waals surface area contributed by atoms with Crippen molar-refractivity contribution in [3.63, 3.8) is 0 Å². The van der Waals surface area contributed by atoms with Crippen LogP contribution < -0.4 is 16.4 Å². The molecule has 20 heavy (non-hydrogen) atoms. The van der Waals surface area contributed by atoms with Gasteiger partial charge >= 0.3 is 5.76 Å². The van der Waals surface area contributed by atoms with Crippen molar-refractivity contribution in [2.45, 2.75) is 25.9 Å². The summed E-state index contributed by atoms with van der Waals surface area (Å²) in [5, 5.41) is 0. The zero-order chi connectivity index (χ0) is 14.1. The molecule has 3 N–H and O–H groups in total. The first-order valence-corrected chi connectivity index (χ1v) is 6.96. The normalized spacial score (nSPS) is 18.8. The number of H-pyrrole nitrogens is 1. The summed E-state index contributed by atoms with van der Waals surface area (Å²) in [5.41, 5.74) is 8.77. The number of likely N-dealkylation sites (N-methyl/N-ethyl adjacent to an activating group) is 1. The van der Waals surface area contributed by atoms with Crippen molar-refractivity contribution in [1.82, 2.24) is 4.98 Å². The minimum Gasteiger partial charge on any atom is -0.408 e. The van der Waals surface area contributed by atoms with Gasteiger partial charge in [-0.3, -0.25) is 4.98 Å². The lowest BCUT2D eigenvalue weighted by atomic mass is 10.2. The van der Waals surface area contributed by atoms with Crippen molar-refractivity contribution in [3.05, 3.63) is 22.7 Å². The number of nitrogens with one attached hydrogen (secondary N) is 1. The van der Waals surface area contributed by atoms with E-state index in [2.05, 4.69) is 16.8 Å². The van der Waals surface area contributed by atoms with E-state index in [9.17, 15) is 4.79 Å². The number of hydrogen-bond donors (Lipinski definition) is 2. The van der Waals surface area contributed by atoms with Gasteiger partial charge in [-0.2, -0.15) is 0 Å². The first kappa shape index (κ1) is 13.1.